The van der Waals surface area contributed by atoms with Crippen LogP contribution < -0.4 is 0 Å². The molecule has 1 aromatic carbocycles. The van der Waals surface area contributed by atoms with Crippen LogP contribution >= 0.6 is 0 Å². The van der Waals surface area contributed by atoms with Gasteiger partial charge in [-0.05, 0) is 43.5 Å². The van der Waals surface area contributed by atoms with Crippen LogP contribution in [-0.2, 0) is 23.1 Å². The number of benzene rings is 1. The van der Waals surface area contributed by atoms with Crippen LogP contribution in [0.5, 0.6) is 0 Å². The monoisotopic (exact) mass is 297 g/mol. The van der Waals surface area contributed by atoms with Gasteiger partial charge in [0.05, 0.1) is 11.5 Å². The van der Waals surface area contributed by atoms with E-state index in [1.165, 1.54) is 4.31 Å². The van der Waals surface area contributed by atoms with E-state index in [0.717, 1.165) is 12.0 Å². The third-order valence-corrected chi connectivity index (χ3v) is 5.26. The van der Waals surface area contributed by atoms with E-state index in [2.05, 4.69) is 6.58 Å². The Kier molecular flexibility index (Phi) is 5.92. The second-order valence-electron chi connectivity index (χ2n) is 4.90. The van der Waals surface area contributed by atoms with Gasteiger partial charge in [0, 0.05) is 12.6 Å². The van der Waals surface area contributed by atoms with Crippen molar-refractivity contribution in [3.8, 4) is 0 Å². The predicted molar refractivity (Wildman–Crippen MR) is 81.0 cm³/mol. The number of sulfonamides is 1. The molecular formula is C15H23NO3S. The van der Waals surface area contributed by atoms with Gasteiger partial charge in [0.1, 0.15) is 0 Å². The lowest BCUT2D eigenvalue weighted by Gasteiger charge is -2.25. The highest BCUT2D eigenvalue weighted by Crippen LogP contribution is 2.22. The second kappa shape index (κ2) is 7.02. The van der Waals surface area contributed by atoms with Crippen LogP contribution in [0.1, 0.15) is 31.9 Å². The molecule has 4 nitrogen and oxygen atoms in total. The van der Waals surface area contributed by atoms with E-state index in [9.17, 15) is 13.5 Å². The van der Waals surface area contributed by atoms with Crippen LogP contribution in [0.15, 0.2) is 35.7 Å². The highest BCUT2D eigenvalue weighted by molar-refractivity contribution is 7.89. The molecular weight excluding hydrogens is 274 g/mol. The maximum Gasteiger partial charge on any atom is 0.243 e. The SMILES string of the molecule is C=CCN(C(C)C)S(=O)(=O)c1ccc(CC)c(CO)c1. The number of nitrogens with zero attached hydrogens (tertiary/aromatic N) is 1. The average molecular weight is 297 g/mol. The third kappa shape index (κ3) is 3.48. The van der Waals surface area contributed by atoms with Crippen molar-refractivity contribution in [3.05, 3.63) is 42.0 Å². The van der Waals surface area contributed by atoms with Crippen molar-refractivity contribution >= 4 is 10.0 Å². The van der Waals surface area contributed by atoms with Gasteiger partial charge in [0.2, 0.25) is 10.0 Å². The first-order valence-electron chi connectivity index (χ1n) is 6.73. The van der Waals surface area contributed by atoms with E-state index in [1.807, 2.05) is 20.8 Å². The fourth-order valence-electron chi connectivity index (χ4n) is 2.10. The molecule has 0 heterocycles. The standard InChI is InChI=1S/C15H23NO3S/c1-5-9-16(12(3)4)20(18,19)15-8-7-13(6-2)14(10-15)11-17/h5,7-8,10,12,17H,1,6,9,11H2,2-4H3. The topological polar surface area (TPSA) is 57.6 Å². The van der Waals surface area contributed by atoms with Crippen LogP contribution in [0.2, 0.25) is 0 Å². The molecule has 20 heavy (non-hydrogen) atoms. The number of rotatable bonds is 7. The Morgan fingerprint density at radius 3 is 2.45 bits per heavy atom. The van der Waals surface area contributed by atoms with Crippen LogP contribution in [-0.4, -0.2) is 30.4 Å². The van der Waals surface area contributed by atoms with Crippen LogP contribution in [0.3, 0.4) is 0 Å². The van der Waals surface area contributed by atoms with Crippen LogP contribution in [0, 0.1) is 0 Å². The first-order valence-corrected chi connectivity index (χ1v) is 8.17. The van der Waals surface area contributed by atoms with Gasteiger partial charge >= 0.3 is 0 Å². The number of hydrogen-bond donors (Lipinski definition) is 1. The summed E-state index contributed by atoms with van der Waals surface area (Å²) in [5.41, 5.74) is 1.63. The van der Waals surface area contributed by atoms with Crippen LogP contribution in [0.25, 0.3) is 0 Å². The number of aliphatic hydroxyl groups is 1. The average Bonchev–Trinajstić information content (AvgIpc) is 2.43. The van der Waals surface area contributed by atoms with E-state index >= 15 is 0 Å². The van der Waals surface area contributed by atoms with Gasteiger partial charge < -0.3 is 5.11 Å². The third-order valence-electron chi connectivity index (χ3n) is 3.22. The van der Waals surface area contributed by atoms with Crippen molar-refractivity contribution in [3.63, 3.8) is 0 Å². The summed E-state index contributed by atoms with van der Waals surface area (Å²) in [5, 5.41) is 9.37. The Bertz CT molecular complexity index is 564. The molecule has 0 bridgehead atoms. The van der Waals surface area contributed by atoms with Crippen molar-refractivity contribution < 1.29 is 13.5 Å². The van der Waals surface area contributed by atoms with Gasteiger partial charge in [-0.25, -0.2) is 8.42 Å². The Morgan fingerprint density at radius 2 is 2.00 bits per heavy atom. The van der Waals surface area contributed by atoms with Crippen LogP contribution in [0.4, 0.5) is 0 Å². The Labute approximate surface area is 121 Å². The van der Waals surface area contributed by atoms with E-state index in [-0.39, 0.29) is 24.1 Å². The van der Waals surface area contributed by atoms with E-state index < -0.39 is 10.0 Å². The number of aryl methyl sites for hydroxylation is 1. The van der Waals surface area contributed by atoms with Crippen molar-refractivity contribution in [2.45, 2.75) is 44.7 Å². The minimum absolute atomic E-state index is 0.151. The molecule has 0 fully saturated rings. The molecule has 0 atom stereocenters. The Balaban J connectivity index is 3.30. The number of hydrogen-bond acceptors (Lipinski definition) is 3. The summed E-state index contributed by atoms with van der Waals surface area (Å²) in [6.07, 6.45) is 2.34. The fraction of sp³-hybridized carbons (Fsp3) is 0.467. The molecule has 0 unspecified atom stereocenters. The quantitative estimate of drug-likeness (QED) is 0.786. The Hall–Kier alpha value is -1.17. The molecule has 0 aromatic heterocycles. The zero-order valence-electron chi connectivity index (χ0n) is 12.3. The summed E-state index contributed by atoms with van der Waals surface area (Å²) in [6.45, 7) is 9.34. The molecule has 112 valence electrons. The molecule has 0 aliphatic rings. The minimum atomic E-state index is -3.57. The first kappa shape index (κ1) is 16.9. The fourth-order valence-corrected chi connectivity index (χ4v) is 3.76. The minimum Gasteiger partial charge on any atom is -0.392 e. The maximum absolute atomic E-state index is 12.6. The van der Waals surface area contributed by atoms with Crippen molar-refractivity contribution in [2.75, 3.05) is 6.54 Å². The Morgan fingerprint density at radius 1 is 1.35 bits per heavy atom. The lowest BCUT2D eigenvalue weighted by molar-refractivity contribution is 0.280. The summed E-state index contributed by atoms with van der Waals surface area (Å²) in [5.74, 6) is 0. The zero-order chi connectivity index (χ0) is 15.3. The molecule has 0 aliphatic carbocycles. The highest BCUT2D eigenvalue weighted by Gasteiger charge is 2.26. The normalized spacial score (nSPS) is 12.1. The van der Waals surface area contributed by atoms with E-state index in [1.54, 1.807) is 24.3 Å². The largest absolute Gasteiger partial charge is 0.392 e. The molecule has 0 amide bonds. The van der Waals surface area contributed by atoms with E-state index in [4.69, 9.17) is 0 Å². The summed E-state index contributed by atoms with van der Waals surface area (Å²) in [4.78, 5) is 0.217. The van der Waals surface area contributed by atoms with Crippen molar-refractivity contribution in [1.82, 2.24) is 4.31 Å². The number of aliphatic hydroxyl groups excluding tert-OH is 1. The summed E-state index contributed by atoms with van der Waals surface area (Å²) in [6, 6.07) is 4.78. The van der Waals surface area contributed by atoms with Gasteiger partial charge in [-0.15, -0.1) is 6.58 Å². The summed E-state index contributed by atoms with van der Waals surface area (Å²) < 4.78 is 26.6. The summed E-state index contributed by atoms with van der Waals surface area (Å²) >= 11 is 0. The van der Waals surface area contributed by atoms with Gasteiger partial charge in [0.25, 0.3) is 0 Å². The van der Waals surface area contributed by atoms with Crippen molar-refractivity contribution in [1.29, 1.82) is 0 Å². The molecule has 1 N–H and O–H groups in total. The predicted octanol–water partition coefficient (Wildman–Crippen LogP) is 2.33. The molecule has 1 rings (SSSR count). The molecule has 0 spiro atoms. The molecule has 1 aromatic rings. The highest BCUT2D eigenvalue weighted by atomic mass is 32.2. The molecule has 0 aliphatic heterocycles. The maximum atomic E-state index is 12.6. The van der Waals surface area contributed by atoms with Crippen molar-refractivity contribution in [2.24, 2.45) is 0 Å². The molecule has 0 saturated heterocycles. The van der Waals surface area contributed by atoms with E-state index in [0.29, 0.717) is 5.56 Å². The zero-order valence-corrected chi connectivity index (χ0v) is 13.2. The lowest BCUT2D eigenvalue weighted by atomic mass is 10.1. The first-order chi connectivity index (χ1) is 9.38. The van der Waals surface area contributed by atoms with Gasteiger partial charge in [-0.1, -0.05) is 19.1 Å². The summed E-state index contributed by atoms with van der Waals surface area (Å²) in [7, 11) is -3.57. The van der Waals surface area contributed by atoms with Gasteiger partial charge in [-0.3, -0.25) is 0 Å². The smallest absolute Gasteiger partial charge is 0.243 e. The molecule has 0 saturated carbocycles. The second-order valence-corrected chi connectivity index (χ2v) is 6.79. The van der Waals surface area contributed by atoms with Gasteiger partial charge in [-0.2, -0.15) is 4.31 Å². The molecule has 0 radical (unpaired) electrons. The lowest BCUT2D eigenvalue weighted by Crippen LogP contribution is -2.37. The molecule has 5 heteroatoms. The van der Waals surface area contributed by atoms with Gasteiger partial charge in [0.15, 0.2) is 0 Å².